The average molecular weight is 318 g/mol. The predicted octanol–water partition coefficient (Wildman–Crippen LogP) is 2.29. The summed E-state index contributed by atoms with van der Waals surface area (Å²) in [5.74, 6) is -0.481. The third-order valence-electron chi connectivity index (χ3n) is 4.47. The zero-order chi connectivity index (χ0) is 16.5. The molecular weight excluding hydrogens is 300 g/mol. The van der Waals surface area contributed by atoms with E-state index >= 15 is 0 Å². The van der Waals surface area contributed by atoms with Gasteiger partial charge in [0.1, 0.15) is 0 Å². The van der Waals surface area contributed by atoms with Gasteiger partial charge in [0, 0.05) is 25.8 Å². The highest BCUT2D eigenvalue weighted by Gasteiger charge is 2.19. The molecule has 5 nitrogen and oxygen atoms in total. The van der Waals surface area contributed by atoms with Gasteiger partial charge in [0.2, 0.25) is 5.82 Å². The summed E-state index contributed by atoms with van der Waals surface area (Å²) < 4.78 is 0. The van der Waals surface area contributed by atoms with Gasteiger partial charge in [-0.1, -0.05) is 36.4 Å². The normalized spacial score (nSPS) is 14.5. The SMILES string of the molecule is NC(=O)c1ncc2c(n1)CN(Cc1ccc3ccccc3c1)CC2. The van der Waals surface area contributed by atoms with Gasteiger partial charge in [-0.15, -0.1) is 0 Å². The zero-order valence-corrected chi connectivity index (χ0v) is 13.3. The number of nitrogens with zero attached hydrogens (tertiary/aromatic N) is 3. The first kappa shape index (κ1) is 14.8. The maximum Gasteiger partial charge on any atom is 0.286 e. The molecule has 5 heteroatoms. The van der Waals surface area contributed by atoms with E-state index in [0.717, 1.165) is 30.8 Å². The number of rotatable bonds is 3. The van der Waals surface area contributed by atoms with Crippen LogP contribution in [0.15, 0.2) is 48.7 Å². The Balaban J connectivity index is 1.55. The summed E-state index contributed by atoms with van der Waals surface area (Å²) in [5.41, 5.74) is 8.57. The highest BCUT2D eigenvalue weighted by atomic mass is 16.1. The number of hydrogen-bond acceptors (Lipinski definition) is 4. The van der Waals surface area contributed by atoms with Crippen molar-refractivity contribution < 1.29 is 4.79 Å². The standard InChI is InChI=1S/C19H18N4O/c20-18(24)19-21-10-16-7-8-23(12-17(16)22-19)11-13-5-6-14-3-1-2-4-15(14)9-13/h1-6,9-10H,7-8,11-12H2,(H2,20,24). The molecule has 0 saturated carbocycles. The third kappa shape index (κ3) is 2.86. The topological polar surface area (TPSA) is 72.1 Å². The summed E-state index contributed by atoms with van der Waals surface area (Å²) in [5, 5.41) is 2.51. The molecule has 0 atom stereocenters. The van der Waals surface area contributed by atoms with E-state index in [4.69, 9.17) is 5.73 Å². The third-order valence-corrected chi connectivity index (χ3v) is 4.47. The summed E-state index contributed by atoms with van der Waals surface area (Å²) in [7, 11) is 0. The maximum absolute atomic E-state index is 11.3. The molecule has 1 amide bonds. The van der Waals surface area contributed by atoms with E-state index in [9.17, 15) is 4.79 Å². The molecular formula is C19H18N4O. The van der Waals surface area contributed by atoms with E-state index in [1.807, 2.05) is 0 Å². The molecule has 4 rings (SSSR count). The van der Waals surface area contributed by atoms with E-state index in [-0.39, 0.29) is 5.82 Å². The minimum Gasteiger partial charge on any atom is -0.363 e. The van der Waals surface area contributed by atoms with Crippen LogP contribution in [0, 0.1) is 0 Å². The molecule has 0 aliphatic carbocycles. The molecule has 0 spiro atoms. The summed E-state index contributed by atoms with van der Waals surface area (Å²) in [6.45, 7) is 2.53. The number of aromatic nitrogens is 2. The molecule has 0 radical (unpaired) electrons. The number of primary amides is 1. The van der Waals surface area contributed by atoms with Gasteiger partial charge in [-0.3, -0.25) is 9.69 Å². The summed E-state index contributed by atoms with van der Waals surface area (Å²) in [4.78, 5) is 22.0. The number of carbonyl (C=O) groups is 1. The maximum atomic E-state index is 11.3. The van der Waals surface area contributed by atoms with Gasteiger partial charge in [0.25, 0.3) is 5.91 Å². The summed E-state index contributed by atoms with van der Waals surface area (Å²) in [6.07, 6.45) is 2.62. The molecule has 0 saturated heterocycles. The Labute approximate surface area is 140 Å². The number of carbonyl (C=O) groups excluding carboxylic acids is 1. The van der Waals surface area contributed by atoms with Crippen LogP contribution in [-0.4, -0.2) is 27.3 Å². The quantitative estimate of drug-likeness (QED) is 0.804. The number of hydrogen-bond donors (Lipinski definition) is 1. The van der Waals surface area contributed by atoms with Crippen LogP contribution in [-0.2, 0) is 19.5 Å². The molecule has 120 valence electrons. The lowest BCUT2D eigenvalue weighted by Crippen LogP contribution is -2.32. The molecule has 1 aromatic heterocycles. The second kappa shape index (κ2) is 6.02. The van der Waals surface area contributed by atoms with Crippen molar-refractivity contribution in [2.24, 2.45) is 5.73 Å². The van der Waals surface area contributed by atoms with Gasteiger partial charge in [-0.25, -0.2) is 9.97 Å². The van der Waals surface area contributed by atoms with Crippen LogP contribution < -0.4 is 5.73 Å². The minimum absolute atomic E-state index is 0.0984. The molecule has 0 fully saturated rings. The van der Waals surface area contributed by atoms with Gasteiger partial charge in [0.15, 0.2) is 0 Å². The Hall–Kier alpha value is -2.79. The van der Waals surface area contributed by atoms with Crippen LogP contribution in [0.5, 0.6) is 0 Å². The predicted molar refractivity (Wildman–Crippen MR) is 92.3 cm³/mol. The van der Waals surface area contributed by atoms with E-state index in [0.29, 0.717) is 6.54 Å². The fourth-order valence-corrected chi connectivity index (χ4v) is 3.21. The monoisotopic (exact) mass is 318 g/mol. The Morgan fingerprint density at radius 1 is 1.17 bits per heavy atom. The molecule has 2 heterocycles. The molecule has 2 aromatic carbocycles. The van der Waals surface area contributed by atoms with E-state index in [1.54, 1.807) is 6.20 Å². The first-order chi connectivity index (χ1) is 11.7. The van der Waals surface area contributed by atoms with Crippen molar-refractivity contribution in [1.82, 2.24) is 14.9 Å². The second-order valence-corrected chi connectivity index (χ2v) is 6.17. The molecule has 2 N–H and O–H groups in total. The van der Waals surface area contributed by atoms with Crippen LogP contribution in [0.1, 0.15) is 27.4 Å². The van der Waals surface area contributed by atoms with Gasteiger partial charge < -0.3 is 5.73 Å². The summed E-state index contributed by atoms with van der Waals surface area (Å²) in [6, 6.07) is 14.9. The molecule has 3 aromatic rings. The molecule has 1 aliphatic heterocycles. The molecule has 1 aliphatic rings. The number of benzene rings is 2. The highest BCUT2D eigenvalue weighted by molar-refractivity contribution is 5.88. The lowest BCUT2D eigenvalue weighted by molar-refractivity contribution is 0.0989. The van der Waals surface area contributed by atoms with Crippen molar-refractivity contribution in [3.05, 3.63) is 71.3 Å². The number of amides is 1. The molecule has 24 heavy (non-hydrogen) atoms. The van der Waals surface area contributed by atoms with Gasteiger partial charge in [0.05, 0.1) is 5.69 Å². The van der Waals surface area contributed by atoms with Crippen LogP contribution >= 0.6 is 0 Å². The fourth-order valence-electron chi connectivity index (χ4n) is 3.21. The van der Waals surface area contributed by atoms with Crippen molar-refractivity contribution >= 4 is 16.7 Å². The van der Waals surface area contributed by atoms with E-state index in [2.05, 4.69) is 57.3 Å². The van der Waals surface area contributed by atoms with Crippen molar-refractivity contribution in [2.45, 2.75) is 19.5 Å². The zero-order valence-electron chi connectivity index (χ0n) is 13.3. The van der Waals surface area contributed by atoms with E-state index < -0.39 is 5.91 Å². The van der Waals surface area contributed by atoms with Crippen LogP contribution in [0.3, 0.4) is 0 Å². The second-order valence-electron chi connectivity index (χ2n) is 6.17. The van der Waals surface area contributed by atoms with Gasteiger partial charge >= 0.3 is 0 Å². The summed E-state index contributed by atoms with van der Waals surface area (Å²) >= 11 is 0. The molecule has 0 unspecified atom stereocenters. The van der Waals surface area contributed by atoms with Crippen LogP contribution in [0.2, 0.25) is 0 Å². The first-order valence-corrected chi connectivity index (χ1v) is 8.04. The minimum atomic E-state index is -0.579. The fraction of sp³-hybridized carbons (Fsp3) is 0.211. The van der Waals surface area contributed by atoms with Crippen molar-refractivity contribution in [3.8, 4) is 0 Å². The smallest absolute Gasteiger partial charge is 0.286 e. The largest absolute Gasteiger partial charge is 0.363 e. The van der Waals surface area contributed by atoms with Crippen LogP contribution in [0.4, 0.5) is 0 Å². The Morgan fingerprint density at radius 3 is 2.83 bits per heavy atom. The highest BCUT2D eigenvalue weighted by Crippen LogP contribution is 2.21. The number of nitrogens with two attached hydrogens (primary N) is 1. The van der Waals surface area contributed by atoms with E-state index in [1.165, 1.54) is 16.3 Å². The van der Waals surface area contributed by atoms with Crippen molar-refractivity contribution in [1.29, 1.82) is 0 Å². The molecule has 0 bridgehead atoms. The Morgan fingerprint density at radius 2 is 2.00 bits per heavy atom. The number of fused-ring (bicyclic) bond motifs is 2. The van der Waals surface area contributed by atoms with Crippen molar-refractivity contribution in [2.75, 3.05) is 6.54 Å². The van der Waals surface area contributed by atoms with Gasteiger partial charge in [-0.05, 0) is 34.4 Å². The Bertz CT molecular complexity index is 922. The van der Waals surface area contributed by atoms with Gasteiger partial charge in [-0.2, -0.15) is 0 Å². The van der Waals surface area contributed by atoms with Crippen LogP contribution in [0.25, 0.3) is 10.8 Å². The average Bonchev–Trinajstić information content (AvgIpc) is 2.61. The lowest BCUT2D eigenvalue weighted by Gasteiger charge is -2.28. The first-order valence-electron chi connectivity index (χ1n) is 8.04. The lowest BCUT2D eigenvalue weighted by atomic mass is 10.0. The Kier molecular flexibility index (Phi) is 3.70. The van der Waals surface area contributed by atoms with Crippen molar-refractivity contribution in [3.63, 3.8) is 0 Å².